The zero-order valence-corrected chi connectivity index (χ0v) is 15.2. The van der Waals surface area contributed by atoms with E-state index in [0.717, 1.165) is 21.2 Å². The minimum atomic E-state index is -0.342. The maximum Gasteiger partial charge on any atom is 0.315 e. The number of benzene rings is 2. The van der Waals surface area contributed by atoms with Gasteiger partial charge in [0.2, 0.25) is 5.91 Å². The molecule has 1 aliphatic heterocycles. The molecule has 24 heavy (non-hydrogen) atoms. The van der Waals surface area contributed by atoms with Gasteiger partial charge in [0.05, 0.1) is 30.0 Å². The van der Waals surface area contributed by atoms with Crippen LogP contribution in [0.5, 0.6) is 0 Å². The highest BCUT2D eigenvalue weighted by atomic mass is 35.5. The number of para-hydroxylation sites is 1. The number of hydrogen-bond acceptors (Lipinski definition) is 5. The van der Waals surface area contributed by atoms with Gasteiger partial charge in [-0.15, -0.1) is 11.8 Å². The Hall–Kier alpha value is -1.63. The molecule has 0 fully saturated rings. The summed E-state index contributed by atoms with van der Waals surface area (Å²) >= 11 is 8.97. The molecule has 0 saturated carbocycles. The molecule has 0 spiro atoms. The van der Waals surface area contributed by atoms with E-state index < -0.39 is 0 Å². The van der Waals surface area contributed by atoms with Crippen LogP contribution in [0, 0.1) is 0 Å². The molecule has 0 aliphatic carbocycles. The van der Waals surface area contributed by atoms with Gasteiger partial charge in [-0.25, -0.2) is 0 Å². The Morgan fingerprint density at radius 1 is 1.12 bits per heavy atom. The van der Waals surface area contributed by atoms with Crippen LogP contribution in [0.2, 0.25) is 5.02 Å². The summed E-state index contributed by atoms with van der Waals surface area (Å²) in [5.74, 6) is -0.111. The van der Waals surface area contributed by atoms with Crippen LogP contribution >= 0.6 is 35.1 Å². The number of carbonyl (C=O) groups excluding carboxylic acids is 2. The zero-order chi connectivity index (χ0) is 17.1. The molecule has 1 aliphatic rings. The van der Waals surface area contributed by atoms with E-state index in [0.29, 0.717) is 5.02 Å². The molecule has 124 valence electrons. The molecule has 0 unspecified atom stereocenters. The van der Waals surface area contributed by atoms with Crippen LogP contribution < -0.4 is 4.90 Å². The Bertz CT molecular complexity index is 797. The highest BCUT2D eigenvalue weighted by Gasteiger charge is 2.28. The second-order valence-corrected chi connectivity index (χ2v) is 7.49. The normalized spacial score (nSPS) is 12.3. The van der Waals surface area contributed by atoms with Crippen molar-refractivity contribution in [1.29, 1.82) is 0 Å². The van der Waals surface area contributed by atoms with Crippen LogP contribution in [0.3, 0.4) is 0 Å². The Kier molecular flexibility index (Phi) is 5.38. The quantitative estimate of drug-likeness (QED) is 0.738. The van der Waals surface area contributed by atoms with Crippen molar-refractivity contribution in [3.63, 3.8) is 0 Å². The largest absolute Gasteiger partial charge is 0.468 e. The van der Waals surface area contributed by atoms with E-state index >= 15 is 0 Å². The number of thioether (sulfide) groups is 1. The van der Waals surface area contributed by atoms with Gasteiger partial charge in [-0.3, -0.25) is 14.5 Å². The fourth-order valence-corrected chi connectivity index (χ4v) is 4.24. The molecule has 2 aromatic rings. The van der Waals surface area contributed by atoms with E-state index in [2.05, 4.69) is 4.74 Å². The minimum absolute atomic E-state index is 0.0971. The molecule has 1 amide bonds. The average Bonchev–Trinajstić information content (AvgIpc) is 2.59. The summed E-state index contributed by atoms with van der Waals surface area (Å²) in [7, 11) is 1.33. The number of esters is 1. The molecule has 0 saturated heterocycles. The van der Waals surface area contributed by atoms with Crippen molar-refractivity contribution >= 4 is 58.4 Å². The Morgan fingerprint density at radius 3 is 2.67 bits per heavy atom. The number of carbonyl (C=O) groups is 2. The predicted octanol–water partition coefficient (Wildman–Crippen LogP) is 4.38. The molecule has 1 heterocycles. The van der Waals surface area contributed by atoms with E-state index in [4.69, 9.17) is 11.6 Å². The van der Waals surface area contributed by atoms with Gasteiger partial charge in [0.25, 0.3) is 0 Å². The van der Waals surface area contributed by atoms with Gasteiger partial charge in [0.15, 0.2) is 0 Å². The molecular formula is C17H14ClNO3S2. The van der Waals surface area contributed by atoms with E-state index in [-0.39, 0.29) is 23.4 Å². The molecule has 3 rings (SSSR count). The third kappa shape index (κ3) is 3.55. The van der Waals surface area contributed by atoms with Crippen LogP contribution in [-0.4, -0.2) is 30.5 Å². The average molecular weight is 380 g/mol. The Morgan fingerprint density at radius 2 is 1.88 bits per heavy atom. The van der Waals surface area contributed by atoms with Crippen molar-refractivity contribution < 1.29 is 14.3 Å². The number of nitrogens with zero attached hydrogens (tertiary/aromatic N) is 1. The van der Waals surface area contributed by atoms with Crippen molar-refractivity contribution in [2.24, 2.45) is 0 Å². The summed E-state index contributed by atoms with van der Waals surface area (Å²) in [5, 5.41) is 0.578. The second-order valence-electron chi connectivity index (χ2n) is 4.98. The zero-order valence-electron chi connectivity index (χ0n) is 12.8. The lowest BCUT2D eigenvalue weighted by Gasteiger charge is -2.31. The number of methoxy groups -OCH3 is 1. The molecule has 4 nitrogen and oxygen atoms in total. The lowest BCUT2D eigenvalue weighted by atomic mass is 10.2. The van der Waals surface area contributed by atoms with Crippen molar-refractivity contribution in [3.8, 4) is 0 Å². The van der Waals surface area contributed by atoms with E-state index in [9.17, 15) is 9.59 Å². The fraction of sp³-hybridized carbons (Fsp3) is 0.176. The number of fused-ring (bicyclic) bond motifs is 2. The summed E-state index contributed by atoms with van der Waals surface area (Å²) in [4.78, 5) is 27.7. The van der Waals surface area contributed by atoms with Gasteiger partial charge in [-0.2, -0.15) is 0 Å². The molecule has 7 heteroatoms. The summed E-state index contributed by atoms with van der Waals surface area (Å²) in [6.07, 6.45) is 0. The van der Waals surface area contributed by atoms with Gasteiger partial charge >= 0.3 is 5.97 Å². The number of hydrogen-bond donors (Lipinski definition) is 0. The highest BCUT2D eigenvalue weighted by Crippen LogP contribution is 2.48. The first-order valence-electron chi connectivity index (χ1n) is 7.14. The molecule has 0 atom stereocenters. The second kappa shape index (κ2) is 7.51. The maximum absolute atomic E-state index is 12.8. The topological polar surface area (TPSA) is 46.6 Å². The van der Waals surface area contributed by atoms with Crippen LogP contribution in [-0.2, 0) is 14.3 Å². The smallest absolute Gasteiger partial charge is 0.315 e. The molecule has 0 radical (unpaired) electrons. The third-order valence-electron chi connectivity index (χ3n) is 3.41. The van der Waals surface area contributed by atoms with Crippen molar-refractivity contribution in [2.45, 2.75) is 9.79 Å². The first-order valence-corrected chi connectivity index (χ1v) is 9.49. The predicted molar refractivity (Wildman–Crippen MR) is 98.5 cm³/mol. The molecule has 2 aromatic carbocycles. The Labute approximate surface area is 153 Å². The van der Waals surface area contributed by atoms with E-state index in [1.165, 1.54) is 18.9 Å². The summed E-state index contributed by atoms with van der Waals surface area (Å²) in [5.41, 5.74) is 1.61. The number of halogens is 1. The Balaban J connectivity index is 1.90. The van der Waals surface area contributed by atoms with E-state index in [1.54, 1.807) is 22.7 Å². The summed E-state index contributed by atoms with van der Waals surface area (Å²) < 4.78 is 4.60. The molecule has 0 bridgehead atoms. The van der Waals surface area contributed by atoms with Gasteiger partial charge in [0.1, 0.15) is 0 Å². The summed E-state index contributed by atoms with van der Waals surface area (Å²) in [6, 6.07) is 13.3. The lowest BCUT2D eigenvalue weighted by Crippen LogP contribution is -2.30. The van der Waals surface area contributed by atoms with Crippen molar-refractivity contribution in [2.75, 3.05) is 23.5 Å². The first-order chi connectivity index (χ1) is 11.6. The number of ether oxygens (including phenoxy) is 1. The van der Waals surface area contributed by atoms with Crippen molar-refractivity contribution in [3.05, 3.63) is 47.5 Å². The maximum atomic E-state index is 12.8. The third-order valence-corrected chi connectivity index (χ3v) is 5.67. The van der Waals surface area contributed by atoms with Crippen LogP contribution in [0.15, 0.2) is 52.3 Å². The van der Waals surface area contributed by atoms with Gasteiger partial charge in [-0.05, 0) is 30.3 Å². The monoisotopic (exact) mass is 379 g/mol. The molecule has 0 aromatic heterocycles. The highest BCUT2D eigenvalue weighted by molar-refractivity contribution is 8.00. The van der Waals surface area contributed by atoms with Crippen LogP contribution in [0.4, 0.5) is 11.4 Å². The lowest BCUT2D eigenvalue weighted by molar-refractivity contribution is -0.137. The first kappa shape index (κ1) is 17.2. The van der Waals surface area contributed by atoms with Gasteiger partial charge in [-0.1, -0.05) is 35.5 Å². The number of rotatable bonds is 4. The van der Waals surface area contributed by atoms with Crippen LogP contribution in [0.1, 0.15) is 0 Å². The molecular weight excluding hydrogens is 366 g/mol. The van der Waals surface area contributed by atoms with Gasteiger partial charge < -0.3 is 4.74 Å². The SMILES string of the molecule is COC(=O)CSCC(=O)N1c2ccccc2Sc2ccc(Cl)cc21. The van der Waals surface area contributed by atoms with Crippen molar-refractivity contribution in [1.82, 2.24) is 0 Å². The minimum Gasteiger partial charge on any atom is -0.468 e. The van der Waals surface area contributed by atoms with Gasteiger partial charge in [0, 0.05) is 14.8 Å². The van der Waals surface area contributed by atoms with E-state index in [1.807, 2.05) is 36.4 Å². The molecule has 0 N–H and O–H groups in total. The standard InChI is InChI=1S/C17H14ClNO3S2/c1-22-17(21)10-23-9-16(20)19-12-4-2-3-5-14(12)24-15-7-6-11(18)8-13(15)19/h2-8H,9-10H2,1H3. The van der Waals surface area contributed by atoms with Crippen LogP contribution in [0.25, 0.3) is 0 Å². The fourth-order valence-electron chi connectivity index (χ4n) is 2.34. The number of amides is 1. The number of anilines is 2. The summed E-state index contributed by atoms with van der Waals surface area (Å²) in [6.45, 7) is 0.